The smallest absolute Gasteiger partial charge is 0.253 e. The minimum absolute atomic E-state index is 0.0319. The van der Waals surface area contributed by atoms with Crippen molar-refractivity contribution in [2.75, 3.05) is 19.3 Å². The summed E-state index contributed by atoms with van der Waals surface area (Å²) in [5.41, 5.74) is 1.95. The number of aliphatic hydroxyl groups is 1. The minimum Gasteiger partial charge on any atom is -0.391 e. The SMILES string of the molecule is CSCc1ccc(C(=O)N2CCCC(O)C2)cc1. The number of carbonyl (C=O) groups excluding carboxylic acids is 1. The van der Waals surface area contributed by atoms with Crippen LogP contribution in [0, 0.1) is 0 Å². The third-order valence-corrected chi connectivity index (χ3v) is 3.82. The van der Waals surface area contributed by atoms with Crippen molar-refractivity contribution in [1.82, 2.24) is 4.90 Å². The van der Waals surface area contributed by atoms with E-state index in [2.05, 4.69) is 6.26 Å². The van der Waals surface area contributed by atoms with Crippen LogP contribution >= 0.6 is 11.8 Å². The van der Waals surface area contributed by atoms with Crippen LogP contribution in [0.5, 0.6) is 0 Å². The highest BCUT2D eigenvalue weighted by Crippen LogP contribution is 2.15. The molecule has 0 bridgehead atoms. The molecular formula is C14H19NO2S. The molecule has 1 aromatic rings. The van der Waals surface area contributed by atoms with E-state index in [0.717, 1.165) is 25.1 Å². The molecule has 1 atom stereocenters. The largest absolute Gasteiger partial charge is 0.391 e. The molecule has 1 saturated heterocycles. The standard InChI is InChI=1S/C14H19NO2S/c1-18-10-11-4-6-12(7-5-11)14(17)15-8-2-3-13(16)9-15/h4-7,13,16H,2-3,8-10H2,1H3. The van der Waals surface area contributed by atoms with Crippen LogP contribution in [0.4, 0.5) is 0 Å². The number of rotatable bonds is 3. The van der Waals surface area contributed by atoms with E-state index in [1.165, 1.54) is 5.56 Å². The van der Waals surface area contributed by atoms with E-state index in [4.69, 9.17) is 0 Å². The second-order valence-corrected chi connectivity index (χ2v) is 5.54. The summed E-state index contributed by atoms with van der Waals surface area (Å²) >= 11 is 1.77. The van der Waals surface area contributed by atoms with Gasteiger partial charge in [-0.05, 0) is 36.8 Å². The maximum atomic E-state index is 12.2. The summed E-state index contributed by atoms with van der Waals surface area (Å²) in [5.74, 6) is 1.00. The van der Waals surface area contributed by atoms with Crippen LogP contribution in [0.1, 0.15) is 28.8 Å². The van der Waals surface area contributed by atoms with Crippen LogP contribution in [0.25, 0.3) is 0 Å². The molecule has 1 fully saturated rings. The molecule has 0 saturated carbocycles. The number of hydrogen-bond acceptors (Lipinski definition) is 3. The van der Waals surface area contributed by atoms with E-state index in [9.17, 15) is 9.90 Å². The van der Waals surface area contributed by atoms with Gasteiger partial charge in [0.2, 0.25) is 0 Å². The Hall–Kier alpha value is -1.00. The Morgan fingerprint density at radius 2 is 2.17 bits per heavy atom. The molecule has 3 nitrogen and oxygen atoms in total. The van der Waals surface area contributed by atoms with E-state index in [1.54, 1.807) is 16.7 Å². The lowest BCUT2D eigenvalue weighted by atomic mass is 10.1. The van der Waals surface area contributed by atoms with E-state index in [1.807, 2.05) is 24.3 Å². The van der Waals surface area contributed by atoms with Crippen molar-refractivity contribution in [1.29, 1.82) is 0 Å². The van der Waals surface area contributed by atoms with E-state index in [0.29, 0.717) is 12.1 Å². The third kappa shape index (κ3) is 3.27. The Morgan fingerprint density at radius 1 is 1.44 bits per heavy atom. The Morgan fingerprint density at radius 3 is 2.78 bits per heavy atom. The van der Waals surface area contributed by atoms with E-state index >= 15 is 0 Å². The van der Waals surface area contributed by atoms with Gasteiger partial charge in [-0.2, -0.15) is 11.8 Å². The average Bonchev–Trinajstić information content (AvgIpc) is 2.39. The zero-order chi connectivity index (χ0) is 13.0. The summed E-state index contributed by atoms with van der Waals surface area (Å²) < 4.78 is 0. The Balaban J connectivity index is 2.03. The van der Waals surface area contributed by atoms with Crippen LogP contribution in [-0.4, -0.2) is 41.4 Å². The number of carbonyl (C=O) groups is 1. The van der Waals surface area contributed by atoms with Gasteiger partial charge in [0, 0.05) is 24.4 Å². The maximum absolute atomic E-state index is 12.2. The number of β-amino-alcohol motifs (C(OH)–C–C–N with tert-alkyl or cyclic N) is 1. The first-order chi connectivity index (χ1) is 8.70. The van der Waals surface area contributed by atoms with Crippen molar-refractivity contribution in [3.05, 3.63) is 35.4 Å². The Labute approximate surface area is 112 Å². The molecule has 4 heteroatoms. The maximum Gasteiger partial charge on any atom is 0.253 e. The zero-order valence-electron chi connectivity index (χ0n) is 10.6. The molecule has 1 aliphatic rings. The first-order valence-corrected chi connectivity index (χ1v) is 7.65. The lowest BCUT2D eigenvalue weighted by Gasteiger charge is -2.30. The highest BCUT2D eigenvalue weighted by atomic mass is 32.2. The van der Waals surface area contributed by atoms with E-state index < -0.39 is 0 Å². The second-order valence-electron chi connectivity index (χ2n) is 4.68. The highest BCUT2D eigenvalue weighted by molar-refractivity contribution is 7.97. The van der Waals surface area contributed by atoms with Gasteiger partial charge in [-0.3, -0.25) is 4.79 Å². The van der Waals surface area contributed by atoms with Crippen LogP contribution in [0.3, 0.4) is 0 Å². The summed E-state index contributed by atoms with van der Waals surface area (Å²) in [4.78, 5) is 14.0. The van der Waals surface area contributed by atoms with Gasteiger partial charge in [0.05, 0.1) is 6.10 Å². The van der Waals surface area contributed by atoms with Gasteiger partial charge in [0.25, 0.3) is 5.91 Å². The van der Waals surface area contributed by atoms with Crippen LogP contribution < -0.4 is 0 Å². The summed E-state index contributed by atoms with van der Waals surface area (Å²) in [6.07, 6.45) is 3.39. The minimum atomic E-state index is -0.363. The summed E-state index contributed by atoms with van der Waals surface area (Å²) in [5, 5.41) is 9.59. The van der Waals surface area contributed by atoms with Crippen molar-refractivity contribution in [2.45, 2.75) is 24.7 Å². The quantitative estimate of drug-likeness (QED) is 0.910. The predicted octanol–water partition coefficient (Wildman–Crippen LogP) is 2.15. The molecule has 0 spiro atoms. The number of thioether (sulfide) groups is 1. The molecule has 1 aromatic carbocycles. The molecular weight excluding hydrogens is 246 g/mol. The van der Waals surface area contributed by atoms with Gasteiger partial charge >= 0.3 is 0 Å². The molecule has 0 aliphatic carbocycles. The van der Waals surface area contributed by atoms with Crippen LogP contribution in [0.15, 0.2) is 24.3 Å². The number of benzene rings is 1. The predicted molar refractivity (Wildman–Crippen MR) is 74.8 cm³/mol. The van der Waals surface area contributed by atoms with Crippen molar-refractivity contribution >= 4 is 17.7 Å². The van der Waals surface area contributed by atoms with Crippen molar-refractivity contribution < 1.29 is 9.90 Å². The number of aliphatic hydroxyl groups excluding tert-OH is 1. The highest BCUT2D eigenvalue weighted by Gasteiger charge is 2.22. The van der Waals surface area contributed by atoms with Crippen molar-refractivity contribution in [3.8, 4) is 0 Å². The number of amides is 1. The number of nitrogens with zero attached hydrogens (tertiary/aromatic N) is 1. The van der Waals surface area contributed by atoms with E-state index in [-0.39, 0.29) is 12.0 Å². The molecule has 1 unspecified atom stereocenters. The molecule has 0 aromatic heterocycles. The van der Waals surface area contributed by atoms with Gasteiger partial charge in [-0.15, -0.1) is 0 Å². The van der Waals surface area contributed by atoms with Crippen LogP contribution in [-0.2, 0) is 5.75 Å². The molecule has 1 amide bonds. The number of likely N-dealkylation sites (tertiary alicyclic amines) is 1. The molecule has 1 N–H and O–H groups in total. The molecule has 18 heavy (non-hydrogen) atoms. The van der Waals surface area contributed by atoms with Gasteiger partial charge < -0.3 is 10.0 Å². The molecule has 1 aliphatic heterocycles. The Bertz CT molecular complexity index is 405. The zero-order valence-corrected chi connectivity index (χ0v) is 11.4. The number of piperidine rings is 1. The lowest BCUT2D eigenvalue weighted by molar-refractivity contribution is 0.0474. The molecule has 1 heterocycles. The summed E-state index contributed by atoms with van der Waals surface area (Å²) in [6.45, 7) is 1.22. The second kappa shape index (κ2) is 6.25. The molecule has 2 rings (SSSR count). The fourth-order valence-corrected chi connectivity index (χ4v) is 2.76. The average molecular weight is 265 g/mol. The summed E-state index contributed by atoms with van der Waals surface area (Å²) in [6, 6.07) is 7.78. The topological polar surface area (TPSA) is 40.5 Å². The van der Waals surface area contributed by atoms with Gasteiger partial charge in [0.1, 0.15) is 0 Å². The monoisotopic (exact) mass is 265 g/mol. The summed E-state index contributed by atoms with van der Waals surface area (Å²) in [7, 11) is 0. The lowest BCUT2D eigenvalue weighted by Crippen LogP contribution is -2.42. The van der Waals surface area contributed by atoms with Gasteiger partial charge in [0.15, 0.2) is 0 Å². The van der Waals surface area contributed by atoms with Crippen molar-refractivity contribution in [2.24, 2.45) is 0 Å². The normalized spacial score (nSPS) is 19.9. The fraction of sp³-hybridized carbons (Fsp3) is 0.500. The number of hydrogen-bond donors (Lipinski definition) is 1. The van der Waals surface area contributed by atoms with Crippen molar-refractivity contribution in [3.63, 3.8) is 0 Å². The first-order valence-electron chi connectivity index (χ1n) is 6.26. The van der Waals surface area contributed by atoms with Crippen LogP contribution in [0.2, 0.25) is 0 Å². The molecule has 0 radical (unpaired) electrons. The van der Waals surface area contributed by atoms with Gasteiger partial charge in [-0.1, -0.05) is 12.1 Å². The fourth-order valence-electron chi connectivity index (χ4n) is 2.23. The van der Waals surface area contributed by atoms with Gasteiger partial charge in [-0.25, -0.2) is 0 Å². The molecule has 98 valence electrons. The first kappa shape index (κ1) is 13.4. The third-order valence-electron chi connectivity index (χ3n) is 3.20. The Kier molecular flexibility index (Phi) is 4.66.